The highest BCUT2D eigenvalue weighted by Crippen LogP contribution is 2.43. The number of furan rings is 1. The molecule has 0 spiro atoms. The van der Waals surface area contributed by atoms with Gasteiger partial charge in [0.15, 0.2) is 0 Å². The number of rotatable bonds is 2. The van der Waals surface area contributed by atoms with Crippen molar-refractivity contribution < 1.29 is 9.21 Å². The zero-order valence-corrected chi connectivity index (χ0v) is 14.3. The number of nitriles is 2. The SMILES string of the molecule is N#Cc1cc2c(cc1C#N)N(Cc1ccco1)C(=O)c1ccccc1S2. The summed E-state index contributed by atoms with van der Waals surface area (Å²) < 4.78 is 5.41. The summed E-state index contributed by atoms with van der Waals surface area (Å²) in [5.74, 6) is 0.466. The molecule has 1 aromatic heterocycles. The van der Waals surface area contributed by atoms with E-state index in [-0.39, 0.29) is 18.0 Å². The summed E-state index contributed by atoms with van der Waals surface area (Å²) in [6.45, 7) is 0.241. The molecule has 0 bridgehead atoms. The molecule has 0 saturated heterocycles. The quantitative estimate of drug-likeness (QED) is 0.682. The maximum Gasteiger partial charge on any atom is 0.259 e. The van der Waals surface area contributed by atoms with E-state index in [1.807, 2.05) is 24.3 Å². The van der Waals surface area contributed by atoms with Crippen LogP contribution in [0.3, 0.4) is 0 Å². The van der Waals surface area contributed by atoms with Gasteiger partial charge < -0.3 is 4.42 Å². The Hall–Kier alpha value is -3.48. The standard InChI is InChI=1S/C20H11N3O2S/c21-10-13-8-17-19(9-14(13)11-22)26-18-6-2-1-5-16(18)20(24)23(17)12-15-4-3-7-25-15/h1-9H,12H2. The van der Waals surface area contributed by atoms with Crippen molar-refractivity contribution in [2.24, 2.45) is 0 Å². The van der Waals surface area contributed by atoms with Crippen molar-refractivity contribution in [2.45, 2.75) is 16.3 Å². The van der Waals surface area contributed by atoms with E-state index in [1.54, 1.807) is 41.5 Å². The number of fused-ring (bicyclic) bond motifs is 2. The van der Waals surface area contributed by atoms with Gasteiger partial charge in [-0.3, -0.25) is 9.69 Å². The number of amides is 1. The van der Waals surface area contributed by atoms with Crippen molar-refractivity contribution in [1.29, 1.82) is 10.5 Å². The molecule has 1 aliphatic rings. The van der Waals surface area contributed by atoms with Crippen LogP contribution in [0.1, 0.15) is 27.2 Å². The Morgan fingerprint density at radius 3 is 2.50 bits per heavy atom. The van der Waals surface area contributed by atoms with Gasteiger partial charge in [0.25, 0.3) is 5.91 Å². The van der Waals surface area contributed by atoms with Crippen LogP contribution >= 0.6 is 11.8 Å². The molecule has 0 unspecified atom stereocenters. The zero-order valence-electron chi connectivity index (χ0n) is 13.5. The first kappa shape index (κ1) is 16.0. The molecule has 0 atom stereocenters. The summed E-state index contributed by atoms with van der Waals surface area (Å²) in [7, 11) is 0. The van der Waals surface area contributed by atoms with Gasteiger partial charge in [0.1, 0.15) is 17.9 Å². The minimum Gasteiger partial charge on any atom is -0.467 e. The lowest BCUT2D eigenvalue weighted by molar-refractivity contribution is 0.0980. The molecule has 0 radical (unpaired) electrons. The van der Waals surface area contributed by atoms with E-state index >= 15 is 0 Å². The number of hydrogen-bond donors (Lipinski definition) is 0. The smallest absolute Gasteiger partial charge is 0.259 e. The van der Waals surface area contributed by atoms with Crippen LogP contribution in [-0.2, 0) is 6.54 Å². The summed E-state index contributed by atoms with van der Waals surface area (Å²) in [6, 6.07) is 18.3. The summed E-state index contributed by atoms with van der Waals surface area (Å²) in [5, 5.41) is 18.7. The van der Waals surface area contributed by atoms with Crippen molar-refractivity contribution >= 4 is 23.4 Å². The number of anilines is 1. The molecule has 3 aromatic rings. The predicted molar refractivity (Wildman–Crippen MR) is 95.7 cm³/mol. The van der Waals surface area contributed by atoms with E-state index in [2.05, 4.69) is 6.07 Å². The second-order valence-electron chi connectivity index (χ2n) is 5.66. The first-order valence-corrected chi connectivity index (χ1v) is 8.62. The van der Waals surface area contributed by atoms with Gasteiger partial charge >= 0.3 is 0 Å². The van der Waals surface area contributed by atoms with Crippen LogP contribution in [-0.4, -0.2) is 5.91 Å². The molecule has 124 valence electrons. The third kappa shape index (κ3) is 2.63. The molecule has 2 heterocycles. The number of carbonyl (C=O) groups is 1. The Labute approximate surface area is 154 Å². The van der Waals surface area contributed by atoms with Crippen LogP contribution < -0.4 is 4.90 Å². The van der Waals surface area contributed by atoms with Crippen molar-refractivity contribution in [2.75, 3.05) is 4.90 Å². The zero-order chi connectivity index (χ0) is 18.1. The lowest BCUT2D eigenvalue weighted by Crippen LogP contribution is -2.30. The highest BCUT2D eigenvalue weighted by Gasteiger charge is 2.29. The Morgan fingerprint density at radius 2 is 1.77 bits per heavy atom. The van der Waals surface area contributed by atoms with Crippen LogP contribution in [0.15, 0.2) is 69.0 Å². The molecule has 5 nitrogen and oxygen atoms in total. The van der Waals surface area contributed by atoms with Crippen LogP contribution in [0.2, 0.25) is 0 Å². The molecule has 26 heavy (non-hydrogen) atoms. The molecular weight excluding hydrogens is 346 g/mol. The Bertz CT molecular complexity index is 1090. The number of nitrogens with zero attached hydrogens (tertiary/aromatic N) is 3. The fourth-order valence-corrected chi connectivity index (χ4v) is 3.97. The lowest BCUT2D eigenvalue weighted by Gasteiger charge is -2.22. The van der Waals surface area contributed by atoms with E-state index in [9.17, 15) is 15.3 Å². The van der Waals surface area contributed by atoms with Crippen molar-refractivity contribution in [3.63, 3.8) is 0 Å². The van der Waals surface area contributed by atoms with E-state index in [0.29, 0.717) is 22.6 Å². The molecule has 0 saturated carbocycles. The third-order valence-corrected chi connectivity index (χ3v) is 5.23. The predicted octanol–water partition coefficient (Wildman–Crippen LogP) is 4.33. The van der Waals surface area contributed by atoms with Crippen molar-refractivity contribution in [1.82, 2.24) is 0 Å². The van der Waals surface area contributed by atoms with Crippen LogP contribution in [0, 0.1) is 22.7 Å². The van der Waals surface area contributed by atoms with Gasteiger partial charge in [-0.1, -0.05) is 23.9 Å². The summed E-state index contributed by atoms with van der Waals surface area (Å²) in [5.41, 5.74) is 1.72. The van der Waals surface area contributed by atoms with E-state index < -0.39 is 0 Å². The average Bonchev–Trinajstić information content (AvgIpc) is 3.15. The lowest BCUT2D eigenvalue weighted by atomic mass is 10.1. The summed E-state index contributed by atoms with van der Waals surface area (Å²) >= 11 is 1.42. The molecule has 0 aliphatic carbocycles. The second kappa shape index (κ2) is 6.44. The molecule has 4 rings (SSSR count). The molecule has 2 aromatic carbocycles. The Balaban J connectivity index is 1.94. The molecular formula is C20H11N3O2S. The molecule has 0 N–H and O–H groups in total. The highest BCUT2D eigenvalue weighted by atomic mass is 32.2. The van der Waals surface area contributed by atoms with Crippen LogP contribution in [0.5, 0.6) is 0 Å². The Morgan fingerprint density at radius 1 is 1.00 bits per heavy atom. The van der Waals surface area contributed by atoms with E-state index in [0.717, 1.165) is 9.79 Å². The van der Waals surface area contributed by atoms with Crippen molar-refractivity contribution in [3.8, 4) is 12.1 Å². The monoisotopic (exact) mass is 357 g/mol. The largest absolute Gasteiger partial charge is 0.467 e. The second-order valence-corrected chi connectivity index (χ2v) is 6.74. The molecule has 6 heteroatoms. The van der Waals surface area contributed by atoms with Gasteiger partial charge in [-0.25, -0.2) is 0 Å². The molecule has 0 fully saturated rings. The fourth-order valence-electron chi connectivity index (χ4n) is 2.87. The number of carbonyl (C=O) groups excluding carboxylic acids is 1. The van der Waals surface area contributed by atoms with E-state index in [1.165, 1.54) is 11.8 Å². The van der Waals surface area contributed by atoms with Gasteiger partial charge in [0, 0.05) is 9.79 Å². The minimum atomic E-state index is -0.170. The van der Waals surface area contributed by atoms with Gasteiger partial charge in [-0.15, -0.1) is 0 Å². The normalized spacial score (nSPS) is 12.5. The maximum absolute atomic E-state index is 13.2. The minimum absolute atomic E-state index is 0.170. The summed E-state index contributed by atoms with van der Waals surface area (Å²) in [4.78, 5) is 16.4. The topological polar surface area (TPSA) is 81.0 Å². The number of benzene rings is 2. The highest BCUT2D eigenvalue weighted by molar-refractivity contribution is 7.99. The number of hydrogen-bond acceptors (Lipinski definition) is 5. The van der Waals surface area contributed by atoms with E-state index in [4.69, 9.17) is 4.42 Å². The van der Waals surface area contributed by atoms with Gasteiger partial charge in [-0.05, 0) is 36.4 Å². The average molecular weight is 357 g/mol. The molecule has 1 amide bonds. The maximum atomic E-state index is 13.2. The fraction of sp³-hybridized carbons (Fsp3) is 0.0500. The Kier molecular flexibility index (Phi) is 3.96. The van der Waals surface area contributed by atoms with Gasteiger partial charge in [0.05, 0.1) is 35.2 Å². The molecule has 1 aliphatic heterocycles. The van der Waals surface area contributed by atoms with Crippen molar-refractivity contribution in [3.05, 3.63) is 77.2 Å². The first-order valence-electron chi connectivity index (χ1n) is 7.80. The van der Waals surface area contributed by atoms with Crippen LogP contribution in [0.4, 0.5) is 5.69 Å². The van der Waals surface area contributed by atoms with Gasteiger partial charge in [0.2, 0.25) is 0 Å². The first-order chi connectivity index (χ1) is 12.7. The summed E-state index contributed by atoms with van der Waals surface area (Å²) in [6.07, 6.45) is 1.56. The van der Waals surface area contributed by atoms with Gasteiger partial charge in [-0.2, -0.15) is 10.5 Å². The van der Waals surface area contributed by atoms with Crippen LogP contribution in [0.25, 0.3) is 0 Å². The third-order valence-electron chi connectivity index (χ3n) is 4.11.